The third-order valence-electron chi connectivity index (χ3n) is 3.73. The van der Waals surface area contributed by atoms with Crippen LogP contribution in [0.15, 0.2) is 42.7 Å². The smallest absolute Gasteiger partial charge is 0.224 e. The molecular formula is C15H17N3O3S. The van der Waals surface area contributed by atoms with Crippen molar-refractivity contribution in [3.63, 3.8) is 0 Å². The average molecular weight is 319 g/mol. The van der Waals surface area contributed by atoms with Gasteiger partial charge < -0.3 is 5.32 Å². The number of carbonyl (C=O) groups is 1. The van der Waals surface area contributed by atoms with Crippen LogP contribution < -0.4 is 5.32 Å². The molecule has 1 aromatic heterocycles. The molecule has 0 aliphatic carbocycles. The molecule has 1 aliphatic rings. The van der Waals surface area contributed by atoms with Gasteiger partial charge in [-0.2, -0.15) is 5.10 Å². The minimum absolute atomic E-state index is 0.0396. The van der Waals surface area contributed by atoms with E-state index in [4.69, 9.17) is 0 Å². The highest BCUT2D eigenvalue weighted by Gasteiger charge is 2.32. The molecule has 0 bridgehead atoms. The summed E-state index contributed by atoms with van der Waals surface area (Å²) < 4.78 is 24.5. The number of rotatable bonds is 4. The molecule has 1 aliphatic heterocycles. The van der Waals surface area contributed by atoms with E-state index in [1.807, 2.05) is 36.5 Å². The zero-order chi connectivity index (χ0) is 15.6. The highest BCUT2D eigenvalue weighted by Crippen LogP contribution is 2.18. The van der Waals surface area contributed by atoms with Crippen molar-refractivity contribution in [2.45, 2.75) is 13.0 Å². The number of benzene rings is 1. The Labute approximate surface area is 129 Å². The molecule has 7 heteroatoms. The van der Waals surface area contributed by atoms with Gasteiger partial charge in [0.15, 0.2) is 9.84 Å². The second-order valence-electron chi connectivity index (χ2n) is 5.45. The molecule has 3 rings (SSSR count). The molecule has 0 unspecified atom stereocenters. The number of aromatic nitrogens is 2. The van der Waals surface area contributed by atoms with E-state index in [0.717, 1.165) is 11.3 Å². The fourth-order valence-corrected chi connectivity index (χ4v) is 4.25. The Morgan fingerprint density at radius 3 is 2.77 bits per heavy atom. The topological polar surface area (TPSA) is 81.1 Å². The number of amides is 1. The Bertz CT molecular complexity index is 768. The van der Waals surface area contributed by atoms with E-state index in [1.165, 1.54) is 0 Å². The van der Waals surface area contributed by atoms with Crippen LogP contribution in [0.3, 0.4) is 0 Å². The van der Waals surface area contributed by atoms with Crippen molar-refractivity contribution in [3.05, 3.63) is 48.3 Å². The quantitative estimate of drug-likeness (QED) is 0.909. The first-order valence-electron chi connectivity index (χ1n) is 7.11. The minimum atomic E-state index is -3.03. The lowest BCUT2D eigenvalue weighted by atomic mass is 10.1. The lowest BCUT2D eigenvalue weighted by molar-refractivity contribution is -0.124. The maximum Gasteiger partial charge on any atom is 0.224 e. The summed E-state index contributed by atoms with van der Waals surface area (Å²) in [6, 6.07) is 9.68. The number of para-hydroxylation sites is 1. The summed E-state index contributed by atoms with van der Waals surface area (Å²) in [5.41, 5.74) is 1.82. The highest BCUT2D eigenvalue weighted by atomic mass is 32.2. The average Bonchev–Trinajstić information content (AvgIpc) is 3.12. The maximum absolute atomic E-state index is 12.0. The zero-order valence-corrected chi connectivity index (χ0v) is 12.8. The molecule has 0 spiro atoms. The Hall–Kier alpha value is -2.15. The SMILES string of the molecule is O=C(NCc1cnn(-c2ccccc2)c1)[C@H]1CCS(=O)(=O)C1. The summed E-state index contributed by atoms with van der Waals surface area (Å²) in [6.45, 7) is 0.349. The largest absolute Gasteiger partial charge is 0.352 e. The highest BCUT2D eigenvalue weighted by molar-refractivity contribution is 7.91. The molecule has 1 aromatic carbocycles. The lowest BCUT2D eigenvalue weighted by Crippen LogP contribution is -2.30. The van der Waals surface area contributed by atoms with E-state index < -0.39 is 15.8 Å². The normalized spacial score (nSPS) is 19.9. The van der Waals surface area contributed by atoms with Crippen LogP contribution in [0, 0.1) is 5.92 Å². The lowest BCUT2D eigenvalue weighted by Gasteiger charge is -2.08. The molecule has 1 atom stereocenters. The van der Waals surface area contributed by atoms with E-state index in [2.05, 4.69) is 10.4 Å². The third-order valence-corrected chi connectivity index (χ3v) is 5.49. The van der Waals surface area contributed by atoms with Crippen molar-refractivity contribution < 1.29 is 13.2 Å². The molecule has 0 saturated carbocycles. The first-order chi connectivity index (χ1) is 10.5. The fraction of sp³-hybridized carbons (Fsp3) is 0.333. The molecule has 1 amide bonds. The molecule has 1 saturated heterocycles. The van der Waals surface area contributed by atoms with Gasteiger partial charge in [0.25, 0.3) is 0 Å². The van der Waals surface area contributed by atoms with Crippen molar-refractivity contribution in [2.24, 2.45) is 5.92 Å². The van der Waals surface area contributed by atoms with Crippen molar-refractivity contribution in [1.29, 1.82) is 0 Å². The summed E-state index contributed by atoms with van der Waals surface area (Å²) in [7, 11) is -3.03. The van der Waals surface area contributed by atoms with Crippen molar-refractivity contribution in [2.75, 3.05) is 11.5 Å². The standard InChI is InChI=1S/C15H17N3O3S/c19-15(13-6-7-22(20,21)11-13)16-8-12-9-17-18(10-12)14-4-2-1-3-5-14/h1-5,9-10,13H,6-8,11H2,(H,16,19)/t13-/m0/s1. The van der Waals surface area contributed by atoms with Crippen LogP contribution >= 0.6 is 0 Å². The zero-order valence-electron chi connectivity index (χ0n) is 12.0. The molecule has 0 radical (unpaired) electrons. The van der Waals surface area contributed by atoms with Gasteiger partial charge in [-0.25, -0.2) is 13.1 Å². The van der Waals surface area contributed by atoms with E-state index in [9.17, 15) is 13.2 Å². The summed E-state index contributed by atoms with van der Waals surface area (Å²) >= 11 is 0. The Balaban J connectivity index is 1.59. The van der Waals surface area contributed by atoms with Crippen LogP contribution in [0.2, 0.25) is 0 Å². The van der Waals surface area contributed by atoms with Crippen LogP contribution in [0.1, 0.15) is 12.0 Å². The number of sulfone groups is 1. The number of nitrogens with zero attached hydrogens (tertiary/aromatic N) is 2. The number of hydrogen-bond acceptors (Lipinski definition) is 4. The van der Waals surface area contributed by atoms with Crippen molar-refractivity contribution in [3.8, 4) is 5.69 Å². The molecule has 22 heavy (non-hydrogen) atoms. The van der Waals surface area contributed by atoms with Gasteiger partial charge in [0.1, 0.15) is 0 Å². The van der Waals surface area contributed by atoms with Crippen LogP contribution in [0.4, 0.5) is 0 Å². The Morgan fingerprint density at radius 2 is 2.09 bits per heavy atom. The van der Waals surface area contributed by atoms with Gasteiger partial charge in [-0.1, -0.05) is 18.2 Å². The number of nitrogens with one attached hydrogen (secondary N) is 1. The van der Waals surface area contributed by atoms with Gasteiger partial charge in [0.05, 0.1) is 29.3 Å². The van der Waals surface area contributed by atoms with E-state index in [1.54, 1.807) is 10.9 Å². The Morgan fingerprint density at radius 1 is 1.32 bits per heavy atom. The predicted octanol–water partition coefficient (Wildman–Crippen LogP) is 0.923. The molecule has 1 fully saturated rings. The molecule has 2 aromatic rings. The molecular weight excluding hydrogens is 302 g/mol. The molecule has 116 valence electrons. The van der Waals surface area contributed by atoms with Gasteiger partial charge in [0, 0.05) is 18.3 Å². The summed E-state index contributed by atoms with van der Waals surface area (Å²) in [6.07, 6.45) is 3.96. The summed E-state index contributed by atoms with van der Waals surface area (Å²) in [5.74, 6) is -0.554. The third kappa shape index (κ3) is 3.36. The van der Waals surface area contributed by atoms with Gasteiger partial charge in [-0.3, -0.25) is 4.79 Å². The van der Waals surface area contributed by atoms with Crippen molar-refractivity contribution >= 4 is 15.7 Å². The Kier molecular flexibility index (Phi) is 3.98. The van der Waals surface area contributed by atoms with Crippen LogP contribution in [-0.4, -0.2) is 35.6 Å². The van der Waals surface area contributed by atoms with Crippen LogP contribution in [0.5, 0.6) is 0 Å². The van der Waals surface area contributed by atoms with Gasteiger partial charge in [-0.05, 0) is 18.6 Å². The predicted molar refractivity (Wildman–Crippen MR) is 82.2 cm³/mol. The maximum atomic E-state index is 12.0. The first-order valence-corrected chi connectivity index (χ1v) is 8.93. The number of carbonyl (C=O) groups excluding carboxylic acids is 1. The van der Waals surface area contributed by atoms with Gasteiger partial charge >= 0.3 is 0 Å². The molecule has 6 nitrogen and oxygen atoms in total. The van der Waals surface area contributed by atoms with Gasteiger partial charge in [0.2, 0.25) is 5.91 Å². The van der Waals surface area contributed by atoms with E-state index in [-0.39, 0.29) is 17.4 Å². The molecule has 1 N–H and O–H groups in total. The van der Waals surface area contributed by atoms with Crippen LogP contribution in [-0.2, 0) is 21.2 Å². The number of hydrogen-bond donors (Lipinski definition) is 1. The second kappa shape index (κ2) is 5.92. The minimum Gasteiger partial charge on any atom is -0.352 e. The van der Waals surface area contributed by atoms with E-state index >= 15 is 0 Å². The first kappa shape index (κ1) is 14.8. The van der Waals surface area contributed by atoms with Crippen molar-refractivity contribution in [1.82, 2.24) is 15.1 Å². The summed E-state index contributed by atoms with van der Waals surface area (Å²) in [4.78, 5) is 12.0. The van der Waals surface area contributed by atoms with Crippen LogP contribution in [0.25, 0.3) is 5.69 Å². The van der Waals surface area contributed by atoms with Gasteiger partial charge in [-0.15, -0.1) is 0 Å². The molecule has 2 heterocycles. The fourth-order valence-electron chi connectivity index (χ4n) is 2.51. The van der Waals surface area contributed by atoms with E-state index in [0.29, 0.717) is 13.0 Å². The summed E-state index contributed by atoms with van der Waals surface area (Å²) in [5, 5.41) is 7.04. The monoisotopic (exact) mass is 319 g/mol. The second-order valence-corrected chi connectivity index (χ2v) is 7.68.